The SMILES string of the molecule is COc1ccc2oc(C(=O)[O-])c(C)c2c1. The smallest absolute Gasteiger partial charge is 0.153 e. The van der Waals surface area contributed by atoms with Crippen LogP contribution >= 0.6 is 0 Å². The molecule has 0 atom stereocenters. The minimum atomic E-state index is -1.30. The second kappa shape index (κ2) is 3.31. The molecule has 0 aliphatic carbocycles. The van der Waals surface area contributed by atoms with Gasteiger partial charge in [-0.15, -0.1) is 0 Å². The number of carboxylic acids is 1. The molecule has 0 aliphatic heterocycles. The number of carbonyl (C=O) groups is 1. The third-order valence-electron chi connectivity index (χ3n) is 2.33. The highest BCUT2D eigenvalue weighted by Gasteiger charge is 2.11. The van der Waals surface area contributed by atoms with Crippen molar-refractivity contribution in [2.24, 2.45) is 0 Å². The van der Waals surface area contributed by atoms with E-state index in [0.29, 0.717) is 16.9 Å². The highest BCUT2D eigenvalue weighted by molar-refractivity contribution is 5.94. The van der Waals surface area contributed by atoms with E-state index in [4.69, 9.17) is 9.15 Å². The van der Waals surface area contributed by atoms with Crippen molar-refractivity contribution >= 4 is 16.9 Å². The zero-order chi connectivity index (χ0) is 11.0. The Bertz CT molecular complexity index is 525. The molecule has 2 aromatic rings. The van der Waals surface area contributed by atoms with Crippen molar-refractivity contribution < 1.29 is 19.1 Å². The number of benzene rings is 1. The van der Waals surface area contributed by atoms with Gasteiger partial charge in [-0.2, -0.15) is 0 Å². The Labute approximate surface area is 86.1 Å². The van der Waals surface area contributed by atoms with Gasteiger partial charge in [-0.25, -0.2) is 0 Å². The van der Waals surface area contributed by atoms with E-state index in [-0.39, 0.29) is 5.76 Å². The van der Waals surface area contributed by atoms with Crippen LogP contribution in [0.4, 0.5) is 0 Å². The van der Waals surface area contributed by atoms with Crippen molar-refractivity contribution in [1.82, 2.24) is 0 Å². The minimum Gasteiger partial charge on any atom is -0.542 e. The summed E-state index contributed by atoms with van der Waals surface area (Å²) in [4.78, 5) is 10.7. The molecular formula is C11H9O4-. The summed E-state index contributed by atoms with van der Waals surface area (Å²) < 4.78 is 10.2. The largest absolute Gasteiger partial charge is 0.542 e. The van der Waals surface area contributed by atoms with Gasteiger partial charge < -0.3 is 19.1 Å². The third-order valence-corrected chi connectivity index (χ3v) is 2.33. The highest BCUT2D eigenvalue weighted by atomic mass is 16.5. The Kier molecular flexibility index (Phi) is 2.11. The summed E-state index contributed by atoms with van der Waals surface area (Å²) in [5.74, 6) is -0.766. The monoisotopic (exact) mass is 205 g/mol. The topological polar surface area (TPSA) is 62.5 Å². The Morgan fingerprint density at radius 1 is 1.47 bits per heavy atom. The van der Waals surface area contributed by atoms with Gasteiger partial charge in [0, 0.05) is 10.9 Å². The fraction of sp³-hybridized carbons (Fsp3) is 0.182. The molecule has 15 heavy (non-hydrogen) atoms. The maximum Gasteiger partial charge on any atom is 0.153 e. The van der Waals surface area contributed by atoms with E-state index < -0.39 is 5.97 Å². The molecule has 0 unspecified atom stereocenters. The van der Waals surface area contributed by atoms with Crippen molar-refractivity contribution in [3.8, 4) is 5.75 Å². The fourth-order valence-corrected chi connectivity index (χ4v) is 1.52. The summed E-state index contributed by atoms with van der Waals surface area (Å²) in [5.41, 5.74) is 1.08. The normalized spacial score (nSPS) is 10.5. The number of carbonyl (C=O) groups excluding carboxylic acids is 1. The first-order valence-electron chi connectivity index (χ1n) is 4.42. The molecule has 2 rings (SSSR count). The van der Waals surface area contributed by atoms with E-state index in [9.17, 15) is 9.90 Å². The van der Waals surface area contributed by atoms with Crippen LogP contribution in [0.5, 0.6) is 5.75 Å². The van der Waals surface area contributed by atoms with Crippen LogP contribution in [0.1, 0.15) is 16.1 Å². The van der Waals surface area contributed by atoms with E-state index >= 15 is 0 Å². The highest BCUT2D eigenvalue weighted by Crippen LogP contribution is 2.28. The van der Waals surface area contributed by atoms with Crippen molar-refractivity contribution in [3.05, 3.63) is 29.5 Å². The molecule has 1 aromatic carbocycles. The predicted octanol–water partition coefficient (Wildman–Crippen LogP) is 1.11. The second-order valence-corrected chi connectivity index (χ2v) is 3.21. The van der Waals surface area contributed by atoms with E-state index in [1.54, 1.807) is 32.2 Å². The zero-order valence-corrected chi connectivity index (χ0v) is 8.37. The van der Waals surface area contributed by atoms with Gasteiger partial charge in [0.05, 0.1) is 7.11 Å². The first kappa shape index (κ1) is 9.58. The Hall–Kier alpha value is -1.97. The summed E-state index contributed by atoms with van der Waals surface area (Å²) in [7, 11) is 1.55. The number of aryl methyl sites for hydroxylation is 1. The van der Waals surface area contributed by atoms with Crippen LogP contribution in [0, 0.1) is 6.92 Å². The summed E-state index contributed by atoms with van der Waals surface area (Å²) in [6, 6.07) is 5.12. The molecule has 4 heteroatoms. The molecule has 0 aliphatic rings. The van der Waals surface area contributed by atoms with Crippen LogP contribution in [0.2, 0.25) is 0 Å². The van der Waals surface area contributed by atoms with Crippen LogP contribution in [0.3, 0.4) is 0 Å². The lowest BCUT2D eigenvalue weighted by molar-refractivity contribution is -0.257. The van der Waals surface area contributed by atoms with Crippen molar-refractivity contribution in [2.75, 3.05) is 7.11 Å². The fourth-order valence-electron chi connectivity index (χ4n) is 1.52. The van der Waals surface area contributed by atoms with Gasteiger partial charge in [0.1, 0.15) is 17.3 Å². The number of aromatic carboxylic acids is 1. The average molecular weight is 205 g/mol. The van der Waals surface area contributed by atoms with Gasteiger partial charge >= 0.3 is 0 Å². The van der Waals surface area contributed by atoms with Gasteiger partial charge in [0.15, 0.2) is 5.76 Å². The number of ether oxygens (including phenoxy) is 1. The molecule has 78 valence electrons. The first-order valence-corrected chi connectivity index (χ1v) is 4.42. The van der Waals surface area contributed by atoms with E-state index in [1.165, 1.54) is 0 Å². The number of hydrogen-bond acceptors (Lipinski definition) is 4. The number of hydrogen-bond donors (Lipinski definition) is 0. The first-order chi connectivity index (χ1) is 7.13. The van der Waals surface area contributed by atoms with Crippen LogP contribution < -0.4 is 9.84 Å². The maximum atomic E-state index is 10.7. The van der Waals surface area contributed by atoms with Crippen LogP contribution in [0.25, 0.3) is 11.0 Å². The molecule has 0 bridgehead atoms. The zero-order valence-electron chi connectivity index (χ0n) is 8.37. The number of carboxylic acid groups (broad SMARTS) is 1. The van der Waals surface area contributed by atoms with E-state index in [0.717, 1.165) is 5.39 Å². The van der Waals surface area contributed by atoms with E-state index in [1.807, 2.05) is 0 Å². The molecule has 0 saturated carbocycles. The molecule has 0 radical (unpaired) electrons. The van der Waals surface area contributed by atoms with Gasteiger partial charge in [-0.05, 0) is 25.1 Å². The lowest BCUT2D eigenvalue weighted by Crippen LogP contribution is -2.22. The summed E-state index contributed by atoms with van der Waals surface area (Å²) in [5, 5.41) is 11.4. The maximum absolute atomic E-state index is 10.7. The minimum absolute atomic E-state index is 0.127. The quantitative estimate of drug-likeness (QED) is 0.736. The lowest BCUT2D eigenvalue weighted by Gasteiger charge is -1.98. The molecule has 0 fully saturated rings. The molecule has 0 N–H and O–H groups in total. The molecule has 0 amide bonds. The second-order valence-electron chi connectivity index (χ2n) is 3.21. The van der Waals surface area contributed by atoms with E-state index in [2.05, 4.69) is 0 Å². The molecule has 4 nitrogen and oxygen atoms in total. The predicted molar refractivity (Wildman–Crippen MR) is 51.8 cm³/mol. The van der Waals surface area contributed by atoms with Gasteiger partial charge in [0.2, 0.25) is 0 Å². The van der Waals surface area contributed by atoms with Crippen LogP contribution in [-0.2, 0) is 0 Å². The summed E-state index contributed by atoms with van der Waals surface area (Å²) >= 11 is 0. The molecule has 1 aromatic heterocycles. The number of furan rings is 1. The van der Waals surface area contributed by atoms with Crippen molar-refractivity contribution in [3.63, 3.8) is 0 Å². The van der Waals surface area contributed by atoms with Crippen LogP contribution in [-0.4, -0.2) is 13.1 Å². The molecule has 0 saturated heterocycles. The lowest BCUT2D eigenvalue weighted by atomic mass is 10.1. The van der Waals surface area contributed by atoms with Crippen molar-refractivity contribution in [1.29, 1.82) is 0 Å². The molecular weight excluding hydrogens is 196 g/mol. The van der Waals surface area contributed by atoms with Gasteiger partial charge in [-0.3, -0.25) is 0 Å². The molecule has 1 heterocycles. The van der Waals surface area contributed by atoms with Gasteiger partial charge in [0.25, 0.3) is 0 Å². The molecule has 0 spiro atoms. The van der Waals surface area contributed by atoms with Crippen LogP contribution in [0.15, 0.2) is 22.6 Å². The third kappa shape index (κ3) is 1.44. The number of methoxy groups -OCH3 is 1. The average Bonchev–Trinajstić information content (AvgIpc) is 2.56. The Balaban J connectivity index is 2.72. The number of fused-ring (bicyclic) bond motifs is 1. The Morgan fingerprint density at radius 2 is 2.20 bits per heavy atom. The standard InChI is InChI=1S/C11H10O4/c1-6-8-5-7(14-2)3-4-9(8)15-10(6)11(12)13/h3-5H,1-2H3,(H,12,13)/p-1. The number of rotatable bonds is 2. The summed E-state index contributed by atoms with van der Waals surface area (Å²) in [6.07, 6.45) is 0. The Morgan fingerprint density at radius 3 is 2.80 bits per heavy atom. The summed E-state index contributed by atoms with van der Waals surface area (Å²) in [6.45, 7) is 1.68. The van der Waals surface area contributed by atoms with Gasteiger partial charge in [-0.1, -0.05) is 0 Å². The van der Waals surface area contributed by atoms with Crippen molar-refractivity contribution in [2.45, 2.75) is 6.92 Å².